The lowest BCUT2D eigenvalue weighted by atomic mass is 9.96. The zero-order chi connectivity index (χ0) is 28.1. The number of aromatic nitrogens is 1. The molecule has 3 nitrogen and oxygen atoms in total. The van der Waals surface area contributed by atoms with Gasteiger partial charge in [-0.2, -0.15) is 13.2 Å². The summed E-state index contributed by atoms with van der Waals surface area (Å²) in [6.07, 6.45) is -6.68. The number of halogens is 5. The van der Waals surface area contributed by atoms with Gasteiger partial charge in [0.05, 0.1) is 22.7 Å². The Bertz CT molecular complexity index is 1310. The first-order valence-electron chi connectivity index (χ1n) is 12.0. The highest BCUT2D eigenvalue weighted by Gasteiger charge is 2.34. The second-order valence-corrected chi connectivity index (χ2v) is 12.6. The SMILES string of the molecule is [2H]N([S@@](=O)C(C)(C)C)[C@@]([2H])(c1cn(CC(C)(C)C)c2cc(-c3ccccc3C(F)(F)F)ccc12)C(F)F. The first-order chi connectivity index (χ1) is 16.8. The lowest BCUT2D eigenvalue weighted by Crippen LogP contribution is -2.38. The molecule has 2 atom stereocenters. The molecule has 0 amide bonds. The summed E-state index contributed by atoms with van der Waals surface area (Å²) in [4.78, 5) is 0. The van der Waals surface area contributed by atoms with Gasteiger partial charge in [-0.1, -0.05) is 51.1 Å². The molecular formula is C26H31F5N2OS. The van der Waals surface area contributed by atoms with Gasteiger partial charge < -0.3 is 4.57 Å². The lowest BCUT2D eigenvalue weighted by molar-refractivity contribution is -0.137. The van der Waals surface area contributed by atoms with Crippen LogP contribution in [0.3, 0.4) is 0 Å². The van der Waals surface area contributed by atoms with E-state index in [1.165, 1.54) is 63.4 Å². The van der Waals surface area contributed by atoms with Crippen LogP contribution in [0.1, 0.15) is 60.1 Å². The van der Waals surface area contributed by atoms with Crippen LogP contribution in [0, 0.1) is 5.41 Å². The maximum atomic E-state index is 14.6. The molecule has 1 aromatic heterocycles. The molecule has 3 rings (SSSR count). The molecule has 192 valence electrons. The number of fused-ring (bicyclic) bond motifs is 1. The molecule has 3 aromatic rings. The summed E-state index contributed by atoms with van der Waals surface area (Å²) in [7, 11) is -2.27. The van der Waals surface area contributed by atoms with Gasteiger partial charge in [0.2, 0.25) is 0 Å². The molecule has 1 N–H and O–H groups in total. The van der Waals surface area contributed by atoms with Crippen LogP contribution in [0.2, 0.25) is 1.41 Å². The zero-order valence-electron chi connectivity index (χ0n) is 22.5. The van der Waals surface area contributed by atoms with Crippen molar-refractivity contribution >= 4 is 21.9 Å². The van der Waals surface area contributed by atoms with Crippen molar-refractivity contribution in [2.24, 2.45) is 5.41 Å². The van der Waals surface area contributed by atoms with Gasteiger partial charge in [-0.05, 0) is 49.4 Å². The highest BCUT2D eigenvalue weighted by atomic mass is 32.2. The van der Waals surface area contributed by atoms with Crippen molar-refractivity contribution in [3.63, 3.8) is 0 Å². The molecule has 0 saturated carbocycles. The standard InChI is InChI=1S/C26H31F5N2OS/c1-24(2,3)15-33-14-19(22(23(27)28)32-35(34)25(4,5)6)18-12-11-16(13-21(18)33)17-9-7-8-10-20(17)26(29,30)31/h7-14,22-23,32H,15H2,1-6H3/t22-,35-/m0/s1/i22D/hD. The largest absolute Gasteiger partial charge is 0.417 e. The highest BCUT2D eigenvalue weighted by Crippen LogP contribution is 2.39. The molecule has 1 heterocycles. The number of alkyl halides is 5. The Balaban J connectivity index is 2.33. The Kier molecular flexibility index (Phi) is 6.74. The number of hydrogen-bond donors (Lipinski definition) is 1. The Morgan fingerprint density at radius 3 is 2.23 bits per heavy atom. The normalized spacial score (nSPS) is 16.9. The van der Waals surface area contributed by atoms with Crippen molar-refractivity contribution < 1.29 is 28.9 Å². The number of nitrogens with one attached hydrogen (secondary N) is 1. The van der Waals surface area contributed by atoms with Crippen LogP contribution in [0.5, 0.6) is 0 Å². The Morgan fingerprint density at radius 2 is 1.69 bits per heavy atom. The number of benzene rings is 2. The summed E-state index contributed by atoms with van der Waals surface area (Å²) in [6, 6.07) is 6.37. The monoisotopic (exact) mass is 516 g/mol. The minimum Gasteiger partial charge on any atom is -0.347 e. The third-order valence-corrected chi connectivity index (χ3v) is 6.67. The van der Waals surface area contributed by atoms with Crippen LogP contribution in [-0.4, -0.2) is 19.9 Å². The predicted molar refractivity (Wildman–Crippen MR) is 132 cm³/mol. The van der Waals surface area contributed by atoms with Crippen molar-refractivity contribution in [3.8, 4) is 11.1 Å². The smallest absolute Gasteiger partial charge is 0.347 e. The summed E-state index contributed by atoms with van der Waals surface area (Å²) in [6.45, 7) is 10.6. The van der Waals surface area contributed by atoms with Crippen molar-refractivity contribution in [3.05, 3.63) is 59.8 Å². The molecule has 0 saturated heterocycles. The Labute approximate surface area is 208 Å². The van der Waals surface area contributed by atoms with E-state index in [-0.39, 0.29) is 32.2 Å². The van der Waals surface area contributed by atoms with E-state index in [9.17, 15) is 26.2 Å². The molecule has 0 fully saturated rings. The van der Waals surface area contributed by atoms with Crippen molar-refractivity contribution in [2.45, 2.75) is 71.5 Å². The summed E-state index contributed by atoms with van der Waals surface area (Å²) in [5.41, 5.74) is -0.925. The van der Waals surface area contributed by atoms with E-state index in [0.717, 1.165) is 6.07 Å². The van der Waals surface area contributed by atoms with E-state index in [4.69, 9.17) is 2.78 Å². The Hall–Kier alpha value is -2.26. The topological polar surface area (TPSA) is 34.0 Å². The van der Waals surface area contributed by atoms with Crippen LogP contribution in [0.4, 0.5) is 22.0 Å². The van der Waals surface area contributed by atoms with Crippen LogP contribution in [-0.2, 0) is 23.7 Å². The van der Waals surface area contributed by atoms with Gasteiger partial charge in [0.15, 0.2) is 0 Å². The molecule has 0 unspecified atom stereocenters. The molecule has 0 aliphatic carbocycles. The van der Waals surface area contributed by atoms with E-state index < -0.39 is 39.9 Å². The van der Waals surface area contributed by atoms with E-state index in [1.54, 1.807) is 4.57 Å². The van der Waals surface area contributed by atoms with Crippen molar-refractivity contribution in [1.29, 1.82) is 0 Å². The molecule has 0 aliphatic rings. The fourth-order valence-electron chi connectivity index (χ4n) is 3.72. The first-order valence-corrected chi connectivity index (χ1v) is 12.2. The second-order valence-electron chi connectivity index (χ2n) is 10.6. The highest BCUT2D eigenvalue weighted by molar-refractivity contribution is 7.84. The maximum Gasteiger partial charge on any atom is 0.417 e. The van der Waals surface area contributed by atoms with Crippen molar-refractivity contribution in [2.75, 3.05) is 0 Å². The molecule has 9 heteroatoms. The minimum atomic E-state index is -4.60. The minimum absolute atomic E-state index is 0.0658. The van der Waals surface area contributed by atoms with Crippen LogP contribution < -0.4 is 4.72 Å². The molecule has 0 bridgehead atoms. The molecule has 35 heavy (non-hydrogen) atoms. The van der Waals surface area contributed by atoms with Crippen LogP contribution >= 0.6 is 0 Å². The van der Waals surface area contributed by atoms with E-state index in [1.807, 2.05) is 20.8 Å². The third-order valence-electron chi connectivity index (χ3n) is 5.26. The number of hydrogen-bond acceptors (Lipinski definition) is 1. The number of nitrogens with zero attached hydrogens (tertiary/aromatic N) is 1. The molecule has 0 spiro atoms. The summed E-state index contributed by atoms with van der Waals surface area (Å²) >= 11 is 0. The summed E-state index contributed by atoms with van der Waals surface area (Å²) in [5, 5.41) is 0.177. The van der Waals surface area contributed by atoms with Gasteiger partial charge >= 0.3 is 6.18 Å². The first kappa shape index (κ1) is 24.4. The average molecular weight is 517 g/mol. The van der Waals surface area contributed by atoms with E-state index in [2.05, 4.69) is 0 Å². The van der Waals surface area contributed by atoms with Gasteiger partial charge in [0.1, 0.15) is 7.43 Å². The van der Waals surface area contributed by atoms with Crippen LogP contribution in [0.15, 0.2) is 48.7 Å². The average Bonchev–Trinajstić information content (AvgIpc) is 3.12. The van der Waals surface area contributed by atoms with Gasteiger partial charge in [-0.25, -0.2) is 17.7 Å². The molecule has 2 aromatic carbocycles. The Morgan fingerprint density at radius 1 is 1.06 bits per heavy atom. The molecule has 0 radical (unpaired) electrons. The number of rotatable bonds is 6. The fraction of sp³-hybridized carbons (Fsp3) is 0.462. The fourth-order valence-corrected chi connectivity index (χ4v) is 4.35. The van der Waals surface area contributed by atoms with E-state index >= 15 is 0 Å². The molecular weight excluding hydrogens is 483 g/mol. The van der Waals surface area contributed by atoms with Gasteiger partial charge in [-0.15, -0.1) is 0 Å². The lowest BCUT2D eigenvalue weighted by Gasteiger charge is -2.24. The second kappa shape index (κ2) is 9.65. The van der Waals surface area contributed by atoms with Gasteiger partial charge in [0.25, 0.3) is 6.43 Å². The van der Waals surface area contributed by atoms with Crippen molar-refractivity contribution in [1.82, 2.24) is 9.28 Å². The quantitative estimate of drug-likeness (QED) is 0.334. The zero-order valence-corrected chi connectivity index (χ0v) is 21.3. The summed E-state index contributed by atoms with van der Waals surface area (Å²) < 4.78 is 101. The predicted octanol–water partition coefficient (Wildman–Crippen LogP) is 7.73. The van der Waals surface area contributed by atoms with Gasteiger partial charge in [-0.3, -0.25) is 0 Å². The van der Waals surface area contributed by atoms with E-state index in [0.29, 0.717) is 12.1 Å². The van der Waals surface area contributed by atoms with Crippen LogP contribution in [0.25, 0.3) is 22.0 Å². The third kappa shape index (κ3) is 6.30. The molecule has 0 aliphatic heterocycles. The maximum absolute atomic E-state index is 14.6. The summed E-state index contributed by atoms with van der Waals surface area (Å²) in [5.74, 6) is 0. The van der Waals surface area contributed by atoms with Gasteiger partial charge in [0, 0.05) is 29.2 Å².